The fourth-order valence-electron chi connectivity index (χ4n) is 1.25. The van der Waals surface area contributed by atoms with Gasteiger partial charge in [0.1, 0.15) is 6.54 Å². The van der Waals surface area contributed by atoms with Crippen molar-refractivity contribution in [1.82, 2.24) is 15.5 Å². The number of hydrogen-bond donors (Lipinski definition) is 3. The van der Waals surface area contributed by atoms with E-state index in [-0.39, 0.29) is 12.5 Å². The van der Waals surface area contributed by atoms with Gasteiger partial charge in [-0.1, -0.05) is 6.92 Å². The molecule has 0 aromatic carbocycles. The summed E-state index contributed by atoms with van der Waals surface area (Å²) >= 11 is 0. The van der Waals surface area contributed by atoms with Crippen LogP contribution in [0.25, 0.3) is 0 Å². The van der Waals surface area contributed by atoms with E-state index in [1.54, 1.807) is 6.92 Å². The Balaban J connectivity index is 4.19. The van der Waals surface area contributed by atoms with E-state index in [0.717, 1.165) is 6.42 Å². The number of urea groups is 1. The van der Waals surface area contributed by atoms with Crippen LogP contribution in [0.2, 0.25) is 0 Å². The first-order valence-electron chi connectivity index (χ1n) is 6.30. The zero-order valence-electron chi connectivity index (χ0n) is 11.9. The molecule has 0 rings (SSSR count). The first-order valence-corrected chi connectivity index (χ1v) is 6.30. The Morgan fingerprint density at radius 3 is 2.32 bits per heavy atom. The van der Waals surface area contributed by atoms with Crippen LogP contribution < -0.4 is 10.6 Å². The molecule has 0 aliphatic heterocycles. The predicted molar refractivity (Wildman–Crippen MR) is 70.7 cm³/mol. The molecule has 0 aliphatic carbocycles. The maximum absolute atomic E-state index is 11.7. The molecule has 0 fully saturated rings. The van der Waals surface area contributed by atoms with Crippen LogP contribution in [0.5, 0.6) is 0 Å². The van der Waals surface area contributed by atoms with Crippen molar-refractivity contribution in [3.8, 4) is 0 Å². The summed E-state index contributed by atoms with van der Waals surface area (Å²) in [6, 6.07) is -0.974. The van der Waals surface area contributed by atoms with Gasteiger partial charge in [-0.15, -0.1) is 0 Å². The van der Waals surface area contributed by atoms with Gasteiger partial charge >= 0.3 is 12.0 Å². The van der Waals surface area contributed by atoms with E-state index in [4.69, 9.17) is 5.11 Å². The summed E-state index contributed by atoms with van der Waals surface area (Å²) in [5, 5.41) is 14.0. The van der Waals surface area contributed by atoms with Gasteiger partial charge in [-0.25, -0.2) is 4.79 Å². The quantitative estimate of drug-likeness (QED) is 0.619. The number of carboxylic acids is 1. The second kappa shape index (κ2) is 8.34. The summed E-state index contributed by atoms with van der Waals surface area (Å²) in [7, 11) is 1.49. The zero-order valence-corrected chi connectivity index (χ0v) is 11.9. The molecule has 2 unspecified atom stereocenters. The summed E-state index contributed by atoms with van der Waals surface area (Å²) in [5.74, 6) is -1.90. The maximum Gasteiger partial charge on any atom is 0.317 e. The smallest absolute Gasteiger partial charge is 0.317 e. The SMILES string of the molecule is CCCNC(=O)CN(C)C(=O)NC(C)C(C)C(=O)O. The van der Waals surface area contributed by atoms with Crippen molar-refractivity contribution >= 4 is 17.9 Å². The Kier molecular flexibility index (Phi) is 7.55. The number of amides is 3. The number of aliphatic carboxylic acids is 1. The van der Waals surface area contributed by atoms with Crippen LogP contribution in [0.15, 0.2) is 0 Å². The molecule has 0 bridgehead atoms. The topological polar surface area (TPSA) is 98.7 Å². The Labute approximate surface area is 113 Å². The highest BCUT2D eigenvalue weighted by Crippen LogP contribution is 2.02. The van der Waals surface area contributed by atoms with Gasteiger partial charge in [0.25, 0.3) is 0 Å². The van der Waals surface area contributed by atoms with Gasteiger partial charge in [-0.2, -0.15) is 0 Å². The minimum Gasteiger partial charge on any atom is -0.481 e. The average Bonchev–Trinajstić information content (AvgIpc) is 2.34. The molecule has 0 aromatic heterocycles. The molecule has 0 saturated carbocycles. The normalized spacial score (nSPS) is 13.3. The molecule has 0 saturated heterocycles. The van der Waals surface area contributed by atoms with Crippen LogP contribution in [0.3, 0.4) is 0 Å². The van der Waals surface area contributed by atoms with E-state index in [1.165, 1.54) is 18.9 Å². The molecule has 0 radical (unpaired) electrons. The number of nitrogens with zero attached hydrogens (tertiary/aromatic N) is 1. The summed E-state index contributed by atoms with van der Waals surface area (Å²) in [6.45, 7) is 5.58. The summed E-state index contributed by atoms with van der Waals surface area (Å²) in [6.07, 6.45) is 0.828. The summed E-state index contributed by atoms with van der Waals surface area (Å²) in [5.41, 5.74) is 0. The largest absolute Gasteiger partial charge is 0.481 e. The Morgan fingerprint density at radius 1 is 1.26 bits per heavy atom. The number of carboxylic acid groups (broad SMARTS) is 1. The molecule has 0 heterocycles. The van der Waals surface area contributed by atoms with Crippen molar-refractivity contribution in [2.24, 2.45) is 5.92 Å². The molecule has 7 nitrogen and oxygen atoms in total. The summed E-state index contributed by atoms with van der Waals surface area (Å²) < 4.78 is 0. The molecule has 0 spiro atoms. The Morgan fingerprint density at radius 2 is 1.84 bits per heavy atom. The van der Waals surface area contributed by atoms with Gasteiger partial charge in [0.2, 0.25) is 5.91 Å². The fraction of sp³-hybridized carbons (Fsp3) is 0.750. The molecular formula is C12H23N3O4. The van der Waals surface area contributed by atoms with E-state index in [0.29, 0.717) is 6.54 Å². The number of nitrogens with one attached hydrogen (secondary N) is 2. The van der Waals surface area contributed by atoms with Gasteiger partial charge in [-0.05, 0) is 20.3 Å². The minimum absolute atomic E-state index is 0.0555. The van der Waals surface area contributed by atoms with Crippen LogP contribution in [-0.2, 0) is 9.59 Å². The first kappa shape index (κ1) is 17.2. The van der Waals surface area contributed by atoms with E-state index in [9.17, 15) is 14.4 Å². The van der Waals surface area contributed by atoms with Crippen LogP contribution in [-0.4, -0.2) is 54.1 Å². The first-order chi connectivity index (χ1) is 8.79. The van der Waals surface area contributed by atoms with Gasteiger partial charge in [0.05, 0.1) is 5.92 Å². The van der Waals surface area contributed by atoms with E-state index in [1.807, 2.05) is 6.92 Å². The lowest BCUT2D eigenvalue weighted by Gasteiger charge is -2.22. The van der Waals surface area contributed by atoms with Crippen molar-refractivity contribution in [1.29, 1.82) is 0 Å². The van der Waals surface area contributed by atoms with Crippen molar-refractivity contribution in [2.75, 3.05) is 20.1 Å². The van der Waals surface area contributed by atoms with Crippen LogP contribution in [0.1, 0.15) is 27.2 Å². The number of hydrogen-bond acceptors (Lipinski definition) is 3. The third-order valence-electron chi connectivity index (χ3n) is 2.79. The minimum atomic E-state index is -0.976. The maximum atomic E-state index is 11.7. The predicted octanol–water partition coefficient (Wildman–Crippen LogP) is 0.263. The Hall–Kier alpha value is -1.79. The number of rotatable bonds is 7. The average molecular weight is 273 g/mol. The monoisotopic (exact) mass is 273 g/mol. The van der Waals surface area contributed by atoms with Gasteiger partial charge in [0.15, 0.2) is 0 Å². The highest BCUT2D eigenvalue weighted by Gasteiger charge is 2.22. The third kappa shape index (κ3) is 6.64. The van der Waals surface area contributed by atoms with Crippen molar-refractivity contribution in [3.05, 3.63) is 0 Å². The molecule has 19 heavy (non-hydrogen) atoms. The lowest BCUT2D eigenvalue weighted by molar-refractivity contribution is -0.141. The molecule has 0 aliphatic rings. The molecule has 3 amide bonds. The highest BCUT2D eigenvalue weighted by molar-refractivity contribution is 5.84. The zero-order chi connectivity index (χ0) is 15.0. The lowest BCUT2D eigenvalue weighted by atomic mass is 10.0. The van der Waals surface area contributed by atoms with E-state index in [2.05, 4.69) is 10.6 Å². The van der Waals surface area contributed by atoms with Gasteiger partial charge in [-0.3, -0.25) is 9.59 Å². The van der Waals surface area contributed by atoms with Crippen molar-refractivity contribution in [3.63, 3.8) is 0 Å². The number of carbonyl (C=O) groups is 3. The molecule has 2 atom stereocenters. The Bertz CT molecular complexity index is 333. The van der Waals surface area contributed by atoms with Crippen LogP contribution >= 0.6 is 0 Å². The fourth-order valence-corrected chi connectivity index (χ4v) is 1.25. The standard InChI is InChI=1S/C12H23N3O4/c1-5-6-13-10(16)7-15(4)12(19)14-9(3)8(2)11(17)18/h8-9H,5-7H2,1-4H3,(H,13,16)(H,14,19)(H,17,18). The molecule has 110 valence electrons. The van der Waals surface area contributed by atoms with Gasteiger partial charge < -0.3 is 20.6 Å². The van der Waals surface area contributed by atoms with Crippen LogP contribution in [0.4, 0.5) is 4.79 Å². The molecule has 0 aromatic rings. The number of carbonyl (C=O) groups excluding carboxylic acids is 2. The lowest BCUT2D eigenvalue weighted by Crippen LogP contribution is -2.48. The van der Waals surface area contributed by atoms with E-state index < -0.39 is 24.0 Å². The van der Waals surface area contributed by atoms with Crippen molar-refractivity contribution in [2.45, 2.75) is 33.2 Å². The highest BCUT2D eigenvalue weighted by atomic mass is 16.4. The van der Waals surface area contributed by atoms with Crippen LogP contribution in [0, 0.1) is 5.92 Å². The van der Waals surface area contributed by atoms with E-state index >= 15 is 0 Å². The number of likely N-dealkylation sites (N-methyl/N-ethyl adjacent to an activating group) is 1. The van der Waals surface area contributed by atoms with Crippen molar-refractivity contribution < 1.29 is 19.5 Å². The second-order valence-electron chi connectivity index (χ2n) is 4.57. The van der Waals surface area contributed by atoms with Gasteiger partial charge in [0, 0.05) is 19.6 Å². The third-order valence-corrected chi connectivity index (χ3v) is 2.79. The molecule has 3 N–H and O–H groups in total. The second-order valence-corrected chi connectivity index (χ2v) is 4.57. The molecule has 7 heteroatoms. The molecular weight excluding hydrogens is 250 g/mol. The summed E-state index contributed by atoms with van der Waals surface area (Å²) in [4.78, 5) is 35.1.